The average molecular weight is 609 g/mol. The van der Waals surface area contributed by atoms with Crippen LogP contribution in [0.4, 0.5) is 0 Å². The molecule has 0 aliphatic carbocycles. The van der Waals surface area contributed by atoms with Crippen molar-refractivity contribution in [2.75, 3.05) is 0 Å². The lowest BCUT2D eigenvalue weighted by molar-refractivity contribution is 1.23. The van der Waals surface area contributed by atoms with Crippen molar-refractivity contribution in [2.24, 2.45) is 0 Å². The number of hydrogen-bond acceptors (Lipinski definition) is 2. The highest BCUT2D eigenvalue weighted by molar-refractivity contribution is 6.34. The summed E-state index contributed by atoms with van der Waals surface area (Å²) >= 11 is 0. The van der Waals surface area contributed by atoms with Gasteiger partial charge in [0.2, 0.25) is 0 Å². The van der Waals surface area contributed by atoms with E-state index in [0.717, 1.165) is 39.1 Å². The third-order valence-corrected chi connectivity index (χ3v) is 9.83. The van der Waals surface area contributed by atoms with Crippen molar-refractivity contribution in [1.82, 2.24) is 9.97 Å². The van der Waals surface area contributed by atoms with Crippen molar-refractivity contribution in [3.63, 3.8) is 0 Å². The van der Waals surface area contributed by atoms with Gasteiger partial charge < -0.3 is 0 Å². The Hall–Kier alpha value is -6.38. The summed E-state index contributed by atoms with van der Waals surface area (Å²) in [6.07, 6.45) is 0. The Bertz CT molecular complexity index is 2870. The highest BCUT2D eigenvalue weighted by atomic mass is 14.9. The third kappa shape index (κ3) is 4.06. The van der Waals surface area contributed by atoms with Crippen molar-refractivity contribution < 1.29 is 0 Å². The number of benzene rings is 8. The van der Waals surface area contributed by atoms with Crippen LogP contribution in [0.1, 0.15) is 0 Å². The zero-order valence-electron chi connectivity index (χ0n) is 26.1. The monoisotopic (exact) mass is 608 g/mol. The molecule has 0 aliphatic rings. The summed E-state index contributed by atoms with van der Waals surface area (Å²) in [7, 11) is 0. The Morgan fingerprint density at radius 1 is 0.292 bits per heavy atom. The molecule has 48 heavy (non-hydrogen) atoms. The topological polar surface area (TPSA) is 25.8 Å². The summed E-state index contributed by atoms with van der Waals surface area (Å²) in [5, 5.41) is 13.8. The molecule has 0 amide bonds. The first-order valence-electron chi connectivity index (χ1n) is 16.4. The molecule has 0 saturated carbocycles. The van der Waals surface area contributed by atoms with Crippen LogP contribution < -0.4 is 0 Å². The second-order valence-corrected chi connectivity index (χ2v) is 12.5. The van der Waals surface area contributed by atoms with E-state index in [4.69, 9.17) is 9.97 Å². The van der Waals surface area contributed by atoms with Gasteiger partial charge in [0.1, 0.15) is 0 Å². The lowest BCUT2D eigenvalue weighted by Crippen LogP contribution is -1.95. The summed E-state index contributed by atoms with van der Waals surface area (Å²) < 4.78 is 0. The van der Waals surface area contributed by atoms with Crippen LogP contribution in [0.3, 0.4) is 0 Å². The van der Waals surface area contributed by atoms with Crippen LogP contribution in [0.25, 0.3) is 98.5 Å². The molecule has 10 rings (SSSR count). The van der Waals surface area contributed by atoms with Gasteiger partial charge in [0.15, 0.2) is 5.82 Å². The van der Waals surface area contributed by atoms with Crippen LogP contribution in [0.15, 0.2) is 170 Å². The average Bonchev–Trinajstić information content (AvgIpc) is 3.16. The number of aromatic nitrogens is 2. The van der Waals surface area contributed by atoms with Crippen LogP contribution in [0, 0.1) is 0 Å². The van der Waals surface area contributed by atoms with E-state index in [2.05, 4.69) is 158 Å². The van der Waals surface area contributed by atoms with E-state index in [9.17, 15) is 0 Å². The van der Waals surface area contributed by atoms with E-state index >= 15 is 0 Å². The SMILES string of the molecule is c1ccc(-c2nc(-c3ccc(-c4cccc5c6cccc7ccc8cccc(c9ccccc9c45)c8c76)cc3)nc3ccccc23)cc1. The maximum absolute atomic E-state index is 5.12. The number of para-hydroxylation sites is 1. The van der Waals surface area contributed by atoms with Crippen LogP contribution in [-0.2, 0) is 0 Å². The fraction of sp³-hybridized carbons (Fsp3) is 0. The molecule has 0 saturated heterocycles. The molecular formula is C46H28N2. The van der Waals surface area contributed by atoms with Gasteiger partial charge in [-0.3, -0.25) is 0 Å². The summed E-state index contributed by atoms with van der Waals surface area (Å²) in [4.78, 5) is 10.1. The molecule has 0 radical (unpaired) electrons. The molecule has 0 N–H and O–H groups in total. The first-order valence-corrected chi connectivity index (χ1v) is 16.4. The lowest BCUT2D eigenvalue weighted by Gasteiger charge is -2.16. The van der Waals surface area contributed by atoms with Crippen molar-refractivity contribution in [1.29, 1.82) is 0 Å². The standard InChI is InChI=1S/C46H28N2/c1-2-11-32(12-3-1)45-40-17-6-7-22-41(40)47-46(48-45)33-27-23-29(24-28-33)34-18-10-21-39-38-20-9-14-31-26-25-30-13-8-19-36(42(30)43(31)38)35-15-4-5-16-37(35)44(34)39/h1-28H. The van der Waals surface area contributed by atoms with Crippen LogP contribution in [0.2, 0.25) is 0 Å². The zero-order chi connectivity index (χ0) is 31.6. The number of rotatable bonds is 3. The quantitative estimate of drug-likeness (QED) is 0.187. The van der Waals surface area contributed by atoms with Crippen LogP contribution in [-0.4, -0.2) is 9.97 Å². The van der Waals surface area contributed by atoms with E-state index in [1.807, 2.05) is 12.1 Å². The Labute approximate surface area is 277 Å². The number of fused-ring (bicyclic) bond motifs is 6. The largest absolute Gasteiger partial charge is 0.228 e. The van der Waals surface area contributed by atoms with Gasteiger partial charge in [0.05, 0.1) is 11.2 Å². The van der Waals surface area contributed by atoms with Gasteiger partial charge >= 0.3 is 0 Å². The minimum absolute atomic E-state index is 0.726. The lowest BCUT2D eigenvalue weighted by atomic mass is 9.88. The maximum atomic E-state index is 5.12. The molecule has 9 aromatic carbocycles. The Morgan fingerprint density at radius 3 is 1.54 bits per heavy atom. The molecule has 1 aromatic heterocycles. The zero-order valence-corrected chi connectivity index (χ0v) is 26.1. The normalized spacial score (nSPS) is 11.8. The minimum atomic E-state index is 0.726. The minimum Gasteiger partial charge on any atom is -0.228 e. The Morgan fingerprint density at radius 2 is 0.812 bits per heavy atom. The van der Waals surface area contributed by atoms with Crippen molar-refractivity contribution in [3.05, 3.63) is 170 Å². The summed E-state index contributed by atoms with van der Waals surface area (Å²) in [6.45, 7) is 0. The molecule has 0 spiro atoms. The van der Waals surface area contributed by atoms with Gasteiger partial charge in [-0.05, 0) is 71.1 Å². The van der Waals surface area contributed by atoms with Gasteiger partial charge in [-0.1, -0.05) is 164 Å². The molecular weight excluding hydrogens is 581 g/mol. The Balaban J connectivity index is 1.23. The number of nitrogens with zero attached hydrogens (tertiary/aromatic N) is 2. The van der Waals surface area contributed by atoms with E-state index < -0.39 is 0 Å². The molecule has 1 heterocycles. The third-order valence-electron chi connectivity index (χ3n) is 9.83. The fourth-order valence-electron chi connectivity index (χ4n) is 7.67. The van der Waals surface area contributed by atoms with E-state index in [0.29, 0.717) is 0 Å². The molecule has 222 valence electrons. The first-order chi connectivity index (χ1) is 23.8. The van der Waals surface area contributed by atoms with Crippen molar-refractivity contribution >= 4 is 64.8 Å². The smallest absolute Gasteiger partial charge is 0.160 e. The summed E-state index contributed by atoms with van der Waals surface area (Å²) in [6, 6.07) is 61.0. The van der Waals surface area contributed by atoms with Gasteiger partial charge in [-0.25, -0.2) is 9.97 Å². The molecule has 0 aliphatic heterocycles. The fourth-order valence-corrected chi connectivity index (χ4v) is 7.67. The van der Waals surface area contributed by atoms with Crippen LogP contribution in [0.5, 0.6) is 0 Å². The molecule has 0 bridgehead atoms. The van der Waals surface area contributed by atoms with E-state index in [-0.39, 0.29) is 0 Å². The molecule has 0 fully saturated rings. The highest BCUT2D eigenvalue weighted by Crippen LogP contribution is 2.43. The molecule has 0 unspecified atom stereocenters. The molecule has 2 heteroatoms. The van der Waals surface area contributed by atoms with Gasteiger partial charge in [-0.2, -0.15) is 0 Å². The maximum Gasteiger partial charge on any atom is 0.160 e. The molecule has 0 atom stereocenters. The van der Waals surface area contributed by atoms with Gasteiger partial charge in [0.25, 0.3) is 0 Å². The van der Waals surface area contributed by atoms with Crippen molar-refractivity contribution in [3.8, 4) is 33.8 Å². The van der Waals surface area contributed by atoms with Gasteiger partial charge in [-0.15, -0.1) is 0 Å². The van der Waals surface area contributed by atoms with Gasteiger partial charge in [0, 0.05) is 16.5 Å². The predicted octanol–water partition coefficient (Wildman–Crippen LogP) is 12.4. The molecule has 2 nitrogen and oxygen atoms in total. The van der Waals surface area contributed by atoms with Crippen LogP contribution >= 0.6 is 0 Å². The number of hydrogen-bond donors (Lipinski definition) is 0. The Kier molecular flexibility index (Phi) is 5.91. The predicted molar refractivity (Wildman–Crippen MR) is 203 cm³/mol. The molecule has 10 aromatic rings. The first kappa shape index (κ1) is 26.8. The second kappa shape index (κ2) is 10.6. The van der Waals surface area contributed by atoms with E-state index in [1.54, 1.807) is 0 Å². The van der Waals surface area contributed by atoms with E-state index in [1.165, 1.54) is 59.4 Å². The summed E-state index contributed by atoms with van der Waals surface area (Å²) in [5.74, 6) is 0.726. The summed E-state index contributed by atoms with van der Waals surface area (Å²) in [5.41, 5.74) is 6.34. The van der Waals surface area contributed by atoms with Crippen molar-refractivity contribution in [2.45, 2.75) is 0 Å². The highest BCUT2D eigenvalue weighted by Gasteiger charge is 2.16. The second-order valence-electron chi connectivity index (χ2n) is 12.5.